The van der Waals surface area contributed by atoms with Crippen molar-refractivity contribution in [1.29, 1.82) is 0 Å². The third kappa shape index (κ3) is 3.63. The van der Waals surface area contributed by atoms with Crippen LogP contribution in [0.15, 0.2) is 72.2 Å². The molecule has 0 bridgehead atoms. The second kappa shape index (κ2) is 8.13. The highest BCUT2D eigenvalue weighted by atomic mass is 32.1. The van der Waals surface area contributed by atoms with Crippen molar-refractivity contribution in [1.82, 2.24) is 4.57 Å². The Morgan fingerprint density at radius 1 is 0.906 bits per heavy atom. The first kappa shape index (κ1) is 20.3. The van der Waals surface area contributed by atoms with Gasteiger partial charge in [0, 0.05) is 33.6 Å². The van der Waals surface area contributed by atoms with Crippen molar-refractivity contribution in [3.05, 3.63) is 105 Å². The van der Waals surface area contributed by atoms with Crippen LogP contribution in [0.25, 0.3) is 0 Å². The number of hydrogen-bond donors (Lipinski definition) is 1. The highest BCUT2D eigenvalue weighted by Crippen LogP contribution is 2.33. The molecule has 0 unspecified atom stereocenters. The van der Waals surface area contributed by atoms with E-state index in [1.165, 1.54) is 4.88 Å². The van der Waals surface area contributed by atoms with E-state index in [1.54, 1.807) is 23.5 Å². The van der Waals surface area contributed by atoms with Gasteiger partial charge in [0.15, 0.2) is 0 Å². The summed E-state index contributed by atoms with van der Waals surface area (Å²) in [7, 11) is 0. The first-order chi connectivity index (χ1) is 15.5. The number of fused-ring (bicyclic) bond motifs is 2. The molecule has 0 fully saturated rings. The second-order valence-corrected chi connectivity index (χ2v) is 9.05. The zero-order valence-corrected chi connectivity index (χ0v) is 18.8. The van der Waals surface area contributed by atoms with Gasteiger partial charge in [-0.1, -0.05) is 18.2 Å². The molecule has 1 aliphatic heterocycles. The van der Waals surface area contributed by atoms with Crippen LogP contribution in [0.5, 0.6) is 0 Å². The molecule has 0 saturated heterocycles. The van der Waals surface area contributed by atoms with Crippen LogP contribution in [0.1, 0.15) is 42.4 Å². The summed E-state index contributed by atoms with van der Waals surface area (Å²) in [6.07, 6.45) is 2.06. The minimum atomic E-state index is -0.155. The quantitative estimate of drug-likeness (QED) is 0.448. The highest BCUT2D eigenvalue weighted by molar-refractivity contribution is 7.10. The Hall–Kier alpha value is -3.64. The lowest BCUT2D eigenvalue weighted by molar-refractivity contribution is 0.0983. The fourth-order valence-corrected chi connectivity index (χ4v) is 5.05. The topological polar surface area (TPSA) is 54.3 Å². The summed E-state index contributed by atoms with van der Waals surface area (Å²) < 4.78 is 2.19. The summed E-state index contributed by atoms with van der Waals surface area (Å²) in [5.41, 5.74) is 5.79. The molecular weight excluding hydrogens is 418 g/mol. The number of aromatic nitrogens is 1. The molecule has 1 N–H and O–H groups in total. The predicted octanol–water partition coefficient (Wildman–Crippen LogP) is 5.63. The van der Waals surface area contributed by atoms with E-state index >= 15 is 0 Å². The molecule has 0 saturated carbocycles. The minimum absolute atomic E-state index is 0.0337. The van der Waals surface area contributed by atoms with E-state index in [-0.39, 0.29) is 11.8 Å². The Kier molecular flexibility index (Phi) is 5.15. The first-order valence-electron chi connectivity index (χ1n) is 10.5. The Bertz CT molecular complexity index is 1330. The maximum absolute atomic E-state index is 13.6. The van der Waals surface area contributed by atoms with Crippen molar-refractivity contribution in [3.63, 3.8) is 0 Å². The molecule has 0 radical (unpaired) electrons. The van der Waals surface area contributed by atoms with Crippen molar-refractivity contribution in [2.24, 2.45) is 0 Å². The minimum Gasteiger partial charge on any atom is -0.344 e. The molecule has 6 heteroatoms. The van der Waals surface area contributed by atoms with E-state index in [2.05, 4.69) is 22.1 Å². The second-order valence-electron chi connectivity index (χ2n) is 8.05. The Morgan fingerprint density at radius 3 is 2.56 bits per heavy atom. The zero-order chi connectivity index (χ0) is 22.2. The maximum atomic E-state index is 13.6. The van der Waals surface area contributed by atoms with Crippen LogP contribution in [0, 0.1) is 13.8 Å². The zero-order valence-electron chi connectivity index (χ0n) is 18.0. The number of rotatable bonds is 3. The van der Waals surface area contributed by atoms with Crippen LogP contribution >= 0.6 is 11.3 Å². The van der Waals surface area contributed by atoms with Crippen molar-refractivity contribution in [2.45, 2.75) is 26.9 Å². The molecule has 2 aromatic carbocycles. The average Bonchev–Trinajstić information content (AvgIpc) is 3.39. The van der Waals surface area contributed by atoms with E-state index < -0.39 is 0 Å². The smallest absolute Gasteiger partial charge is 0.258 e. The monoisotopic (exact) mass is 441 g/mol. The lowest BCUT2D eigenvalue weighted by Crippen LogP contribution is -2.30. The van der Waals surface area contributed by atoms with Crippen LogP contribution in [-0.4, -0.2) is 16.4 Å². The number of anilines is 2. The lowest BCUT2D eigenvalue weighted by atomic mass is 10.0. The van der Waals surface area contributed by atoms with Gasteiger partial charge in [0.2, 0.25) is 0 Å². The van der Waals surface area contributed by atoms with Gasteiger partial charge in [0.05, 0.1) is 18.8 Å². The Labute approximate surface area is 190 Å². The molecule has 0 spiro atoms. The number of hydrogen-bond acceptors (Lipinski definition) is 3. The third-order valence-corrected chi connectivity index (χ3v) is 6.81. The van der Waals surface area contributed by atoms with E-state index in [0.29, 0.717) is 23.4 Å². The van der Waals surface area contributed by atoms with Gasteiger partial charge in [-0.3, -0.25) is 9.59 Å². The largest absolute Gasteiger partial charge is 0.344 e. The summed E-state index contributed by atoms with van der Waals surface area (Å²) in [6, 6.07) is 19.1. The van der Waals surface area contributed by atoms with Crippen LogP contribution < -0.4 is 10.2 Å². The normalized spacial score (nSPS) is 12.6. The van der Waals surface area contributed by atoms with Gasteiger partial charge >= 0.3 is 0 Å². The Morgan fingerprint density at radius 2 is 1.75 bits per heavy atom. The summed E-state index contributed by atoms with van der Waals surface area (Å²) in [5, 5.41) is 4.99. The molecule has 2 aromatic heterocycles. The van der Waals surface area contributed by atoms with Gasteiger partial charge in [-0.05, 0) is 72.8 Å². The van der Waals surface area contributed by atoms with Crippen molar-refractivity contribution in [3.8, 4) is 0 Å². The number of carbonyl (C=O) groups excluding carboxylic acids is 2. The number of carbonyl (C=O) groups is 2. The number of thiophene rings is 1. The van der Waals surface area contributed by atoms with Crippen molar-refractivity contribution >= 4 is 34.5 Å². The molecule has 5 nitrogen and oxygen atoms in total. The van der Waals surface area contributed by atoms with Gasteiger partial charge in [-0.25, -0.2) is 0 Å². The molecule has 1 aliphatic rings. The first-order valence-corrected chi connectivity index (χ1v) is 11.4. The average molecular weight is 442 g/mol. The summed E-state index contributed by atoms with van der Waals surface area (Å²) in [4.78, 5) is 29.3. The maximum Gasteiger partial charge on any atom is 0.258 e. The van der Waals surface area contributed by atoms with Crippen LogP contribution in [0.2, 0.25) is 0 Å². The SMILES string of the molecule is Cc1ccccc1C(=O)Nc1ccc(C(=O)N2Cc3cccn3Cc3sccc32)c(C)c1. The molecule has 5 rings (SSSR count). The Balaban J connectivity index is 1.42. The number of benzene rings is 2. The van der Waals surface area contributed by atoms with Gasteiger partial charge in [0.1, 0.15) is 0 Å². The van der Waals surface area contributed by atoms with Crippen molar-refractivity contribution < 1.29 is 9.59 Å². The molecule has 32 heavy (non-hydrogen) atoms. The van der Waals surface area contributed by atoms with E-state index in [0.717, 1.165) is 29.1 Å². The van der Waals surface area contributed by atoms with Crippen LogP contribution in [0.3, 0.4) is 0 Å². The standard InChI is InChI=1S/C26H23N3O2S/c1-17-6-3-4-8-21(17)25(30)27-19-9-10-22(18(2)14-19)26(31)29-15-20-7-5-12-28(20)16-24-23(29)11-13-32-24/h3-14H,15-16H2,1-2H3,(H,27,30). The fraction of sp³-hybridized carbons (Fsp3) is 0.154. The molecule has 2 amide bonds. The van der Waals surface area contributed by atoms with E-state index in [1.807, 2.05) is 66.6 Å². The summed E-state index contributed by atoms with van der Waals surface area (Å²) in [6.45, 7) is 5.13. The molecule has 160 valence electrons. The van der Waals surface area contributed by atoms with E-state index in [9.17, 15) is 9.59 Å². The summed E-state index contributed by atoms with van der Waals surface area (Å²) in [5.74, 6) is -0.189. The molecular formula is C26H23N3O2S. The number of amides is 2. The van der Waals surface area contributed by atoms with Gasteiger partial charge < -0.3 is 14.8 Å². The molecule has 0 atom stereocenters. The van der Waals surface area contributed by atoms with Crippen LogP contribution in [0.4, 0.5) is 11.4 Å². The molecule has 3 heterocycles. The van der Waals surface area contributed by atoms with Crippen molar-refractivity contribution in [2.75, 3.05) is 10.2 Å². The number of nitrogens with zero attached hydrogens (tertiary/aromatic N) is 2. The van der Waals surface area contributed by atoms with Gasteiger partial charge in [-0.15, -0.1) is 11.3 Å². The predicted molar refractivity (Wildman–Crippen MR) is 129 cm³/mol. The number of aryl methyl sites for hydroxylation is 2. The third-order valence-electron chi connectivity index (χ3n) is 5.92. The molecule has 0 aliphatic carbocycles. The molecule has 4 aromatic rings. The fourth-order valence-electron chi connectivity index (χ4n) is 4.18. The van der Waals surface area contributed by atoms with E-state index in [4.69, 9.17) is 0 Å². The van der Waals surface area contributed by atoms with Crippen LogP contribution in [-0.2, 0) is 13.1 Å². The lowest BCUT2D eigenvalue weighted by Gasteiger charge is -2.22. The highest BCUT2D eigenvalue weighted by Gasteiger charge is 2.26. The summed E-state index contributed by atoms with van der Waals surface area (Å²) >= 11 is 1.67. The van der Waals surface area contributed by atoms with Gasteiger partial charge in [-0.2, -0.15) is 0 Å². The number of nitrogens with one attached hydrogen (secondary N) is 1. The van der Waals surface area contributed by atoms with Gasteiger partial charge in [0.25, 0.3) is 11.8 Å².